The molecule has 1 aromatic carbocycles. The van der Waals surface area contributed by atoms with Crippen molar-refractivity contribution in [1.82, 2.24) is 5.16 Å². The minimum absolute atomic E-state index is 0.291. The molecule has 0 bridgehead atoms. The Labute approximate surface area is 100 Å². The van der Waals surface area contributed by atoms with Gasteiger partial charge in [0.25, 0.3) is 0 Å². The van der Waals surface area contributed by atoms with Crippen molar-refractivity contribution >= 4 is 11.4 Å². The Kier molecular flexibility index (Phi) is 2.48. The van der Waals surface area contributed by atoms with Gasteiger partial charge in [-0.3, -0.25) is 0 Å². The molecule has 1 aliphatic heterocycles. The quantitative estimate of drug-likeness (QED) is 0.804. The molecule has 0 spiro atoms. The van der Waals surface area contributed by atoms with Gasteiger partial charge in [-0.25, -0.2) is 0 Å². The third-order valence-electron chi connectivity index (χ3n) is 3.24. The molecule has 0 amide bonds. The largest absolute Gasteiger partial charge is 0.399 e. The Bertz CT molecular complexity index is 495. The number of benzene rings is 1. The first-order valence-corrected chi connectivity index (χ1v) is 5.87. The van der Waals surface area contributed by atoms with E-state index in [1.807, 2.05) is 24.3 Å². The first kappa shape index (κ1) is 10.2. The summed E-state index contributed by atoms with van der Waals surface area (Å²) >= 11 is 0. The summed E-state index contributed by atoms with van der Waals surface area (Å²) < 4.78 is 5.28. The summed E-state index contributed by atoms with van der Waals surface area (Å²) in [7, 11) is 0. The van der Waals surface area contributed by atoms with E-state index in [0.717, 1.165) is 30.1 Å². The van der Waals surface area contributed by atoms with Crippen LogP contribution in [0.4, 0.5) is 11.4 Å². The molecule has 1 aromatic heterocycles. The molecule has 1 unspecified atom stereocenters. The van der Waals surface area contributed by atoms with E-state index < -0.39 is 0 Å². The van der Waals surface area contributed by atoms with Gasteiger partial charge in [-0.2, -0.15) is 0 Å². The molecule has 0 aliphatic carbocycles. The number of nitrogens with two attached hydrogens (primary N) is 1. The summed E-state index contributed by atoms with van der Waals surface area (Å²) in [5.74, 6) is 0.935. The first-order chi connectivity index (χ1) is 8.34. The molecule has 1 aliphatic rings. The fraction of sp³-hybridized carbons (Fsp3) is 0.308. The van der Waals surface area contributed by atoms with Crippen molar-refractivity contribution < 1.29 is 4.52 Å². The molecule has 4 nitrogen and oxygen atoms in total. The molecule has 1 saturated heterocycles. The average Bonchev–Trinajstić information content (AvgIpc) is 3.00. The summed E-state index contributed by atoms with van der Waals surface area (Å²) in [6, 6.07) is 10.2. The molecule has 2 heterocycles. The van der Waals surface area contributed by atoms with E-state index in [0.29, 0.717) is 6.04 Å². The maximum Gasteiger partial charge on any atom is 0.159 e. The number of rotatable bonds is 2. The van der Waals surface area contributed by atoms with Crippen molar-refractivity contribution in [1.29, 1.82) is 0 Å². The predicted octanol–water partition coefficient (Wildman–Crippen LogP) is 2.60. The smallest absolute Gasteiger partial charge is 0.159 e. The van der Waals surface area contributed by atoms with Crippen LogP contribution in [0.2, 0.25) is 0 Å². The lowest BCUT2D eigenvalue weighted by Gasteiger charge is -2.25. The highest BCUT2D eigenvalue weighted by molar-refractivity contribution is 5.57. The number of hydrogen-bond donors (Lipinski definition) is 1. The van der Waals surface area contributed by atoms with E-state index in [-0.39, 0.29) is 0 Å². The average molecular weight is 229 g/mol. The molecule has 2 aromatic rings. The van der Waals surface area contributed by atoms with Crippen LogP contribution >= 0.6 is 0 Å². The maximum atomic E-state index is 5.83. The lowest BCUT2D eigenvalue weighted by molar-refractivity contribution is 0.361. The minimum atomic E-state index is 0.291. The summed E-state index contributed by atoms with van der Waals surface area (Å²) in [5.41, 5.74) is 7.78. The van der Waals surface area contributed by atoms with E-state index in [9.17, 15) is 0 Å². The lowest BCUT2D eigenvalue weighted by atomic mass is 10.1. The van der Waals surface area contributed by atoms with Crippen molar-refractivity contribution in [3.05, 3.63) is 42.3 Å². The number of aromatic nitrogens is 1. The normalized spacial score (nSPS) is 19.8. The summed E-state index contributed by atoms with van der Waals surface area (Å²) in [6.45, 7) is 1.04. The molecule has 4 heteroatoms. The second-order valence-electron chi connectivity index (χ2n) is 4.36. The van der Waals surface area contributed by atoms with E-state index in [2.05, 4.69) is 16.1 Å². The highest BCUT2D eigenvalue weighted by atomic mass is 16.5. The number of anilines is 2. The summed E-state index contributed by atoms with van der Waals surface area (Å²) in [5, 5.41) is 3.79. The van der Waals surface area contributed by atoms with Crippen molar-refractivity contribution in [2.24, 2.45) is 0 Å². The highest BCUT2D eigenvalue weighted by Gasteiger charge is 2.28. The van der Waals surface area contributed by atoms with E-state index in [4.69, 9.17) is 10.3 Å². The molecule has 2 N–H and O–H groups in total. The molecular weight excluding hydrogens is 214 g/mol. The topological polar surface area (TPSA) is 55.3 Å². The Balaban J connectivity index is 1.92. The van der Waals surface area contributed by atoms with E-state index in [1.165, 1.54) is 6.42 Å². The third kappa shape index (κ3) is 1.86. The molecule has 88 valence electrons. The monoisotopic (exact) mass is 229 g/mol. The van der Waals surface area contributed by atoms with Crippen LogP contribution < -0.4 is 10.6 Å². The van der Waals surface area contributed by atoms with Crippen LogP contribution in [0.3, 0.4) is 0 Å². The van der Waals surface area contributed by atoms with E-state index in [1.54, 1.807) is 6.20 Å². The van der Waals surface area contributed by atoms with Crippen LogP contribution in [-0.4, -0.2) is 11.7 Å². The van der Waals surface area contributed by atoms with Crippen LogP contribution in [0.15, 0.2) is 41.1 Å². The SMILES string of the molecule is Nc1cccc(N2CCCC2c2ccno2)c1. The highest BCUT2D eigenvalue weighted by Crippen LogP contribution is 2.36. The molecule has 1 fully saturated rings. The van der Waals surface area contributed by atoms with Crippen molar-refractivity contribution in [2.45, 2.75) is 18.9 Å². The standard InChI is InChI=1S/C13H15N3O/c14-10-3-1-4-11(9-10)16-8-2-5-12(16)13-6-7-15-17-13/h1,3-4,6-7,9,12H,2,5,8,14H2. The predicted molar refractivity (Wildman–Crippen MR) is 66.7 cm³/mol. The van der Waals surface area contributed by atoms with Crippen LogP contribution in [0.5, 0.6) is 0 Å². The van der Waals surface area contributed by atoms with Gasteiger partial charge in [-0.1, -0.05) is 11.2 Å². The molecule has 0 radical (unpaired) electrons. The second kappa shape index (κ2) is 4.13. The summed E-state index contributed by atoms with van der Waals surface area (Å²) in [6.07, 6.45) is 3.97. The van der Waals surface area contributed by atoms with Crippen LogP contribution in [0.25, 0.3) is 0 Å². The molecule has 17 heavy (non-hydrogen) atoms. The zero-order valence-corrected chi connectivity index (χ0v) is 9.54. The molecule has 0 saturated carbocycles. The van der Waals surface area contributed by atoms with Gasteiger partial charge in [-0.05, 0) is 31.0 Å². The van der Waals surface area contributed by atoms with Gasteiger partial charge < -0.3 is 15.2 Å². The van der Waals surface area contributed by atoms with Crippen molar-refractivity contribution in [3.8, 4) is 0 Å². The number of nitrogens with zero attached hydrogens (tertiary/aromatic N) is 2. The zero-order chi connectivity index (χ0) is 11.7. The fourth-order valence-corrected chi connectivity index (χ4v) is 2.47. The van der Waals surface area contributed by atoms with Crippen molar-refractivity contribution in [3.63, 3.8) is 0 Å². The van der Waals surface area contributed by atoms with Gasteiger partial charge in [-0.15, -0.1) is 0 Å². The Morgan fingerprint density at radius 2 is 2.29 bits per heavy atom. The van der Waals surface area contributed by atoms with Gasteiger partial charge >= 0.3 is 0 Å². The Morgan fingerprint density at radius 3 is 3.06 bits per heavy atom. The van der Waals surface area contributed by atoms with Gasteiger partial charge in [0.1, 0.15) is 0 Å². The number of nitrogen functional groups attached to an aromatic ring is 1. The van der Waals surface area contributed by atoms with Crippen LogP contribution in [0, 0.1) is 0 Å². The Morgan fingerprint density at radius 1 is 1.35 bits per heavy atom. The fourth-order valence-electron chi connectivity index (χ4n) is 2.47. The van der Waals surface area contributed by atoms with Gasteiger partial charge in [0.15, 0.2) is 5.76 Å². The minimum Gasteiger partial charge on any atom is -0.399 e. The third-order valence-corrected chi connectivity index (χ3v) is 3.24. The first-order valence-electron chi connectivity index (χ1n) is 5.87. The molecule has 1 atom stereocenters. The molecule has 3 rings (SSSR count). The van der Waals surface area contributed by atoms with Gasteiger partial charge in [0.2, 0.25) is 0 Å². The van der Waals surface area contributed by atoms with E-state index >= 15 is 0 Å². The summed E-state index contributed by atoms with van der Waals surface area (Å²) in [4.78, 5) is 2.33. The second-order valence-corrected chi connectivity index (χ2v) is 4.36. The van der Waals surface area contributed by atoms with Gasteiger partial charge in [0, 0.05) is 24.0 Å². The van der Waals surface area contributed by atoms with Crippen LogP contribution in [0.1, 0.15) is 24.6 Å². The van der Waals surface area contributed by atoms with Gasteiger partial charge in [0.05, 0.1) is 12.2 Å². The maximum absolute atomic E-state index is 5.83. The molecular formula is C13H15N3O. The Hall–Kier alpha value is -1.97. The van der Waals surface area contributed by atoms with Crippen LogP contribution in [-0.2, 0) is 0 Å². The lowest BCUT2D eigenvalue weighted by Crippen LogP contribution is -2.22. The van der Waals surface area contributed by atoms with Crippen molar-refractivity contribution in [2.75, 3.05) is 17.2 Å². The zero-order valence-electron chi connectivity index (χ0n) is 9.54. The number of hydrogen-bond acceptors (Lipinski definition) is 4.